The predicted molar refractivity (Wildman–Crippen MR) is 49.1 cm³/mol. The molecule has 1 rings (SSSR count). The van der Waals surface area contributed by atoms with E-state index in [9.17, 15) is 13.2 Å². The van der Waals surface area contributed by atoms with Crippen molar-refractivity contribution < 1.29 is 13.2 Å². The van der Waals surface area contributed by atoms with Crippen LogP contribution in [0.4, 0.5) is 13.2 Å². The summed E-state index contributed by atoms with van der Waals surface area (Å²) in [6.07, 6.45) is -2.17. The van der Waals surface area contributed by atoms with Crippen LogP contribution < -0.4 is 10.6 Å². The first-order valence-corrected chi connectivity index (χ1v) is 5.06. The van der Waals surface area contributed by atoms with Crippen LogP contribution in [0.15, 0.2) is 0 Å². The molecule has 0 aliphatic heterocycles. The van der Waals surface area contributed by atoms with Crippen LogP contribution in [0.2, 0.25) is 0 Å². The molecule has 0 spiro atoms. The molecule has 2 N–H and O–H groups in total. The van der Waals surface area contributed by atoms with Gasteiger partial charge in [-0.1, -0.05) is 0 Å². The second-order valence-electron chi connectivity index (χ2n) is 3.76. The average molecular weight is 210 g/mol. The number of rotatable bonds is 7. The van der Waals surface area contributed by atoms with E-state index in [1.54, 1.807) is 0 Å². The fraction of sp³-hybridized carbons (Fsp3) is 1.00. The maximum absolute atomic E-state index is 11.7. The van der Waals surface area contributed by atoms with Crippen LogP contribution in [-0.4, -0.2) is 32.4 Å². The highest BCUT2D eigenvalue weighted by Gasteiger charge is 2.25. The lowest BCUT2D eigenvalue weighted by Crippen LogP contribution is -2.30. The first-order valence-electron chi connectivity index (χ1n) is 5.06. The molecule has 0 bridgehead atoms. The molecule has 2 nitrogen and oxygen atoms in total. The minimum absolute atomic E-state index is 0.0224. The van der Waals surface area contributed by atoms with Gasteiger partial charge in [0.1, 0.15) is 0 Å². The van der Waals surface area contributed by atoms with Crippen molar-refractivity contribution in [2.75, 3.05) is 26.2 Å². The second-order valence-corrected chi connectivity index (χ2v) is 3.76. The topological polar surface area (TPSA) is 24.1 Å². The lowest BCUT2D eigenvalue weighted by molar-refractivity contribution is -0.133. The Bertz CT molecular complexity index is 155. The molecule has 1 aliphatic rings. The van der Waals surface area contributed by atoms with Gasteiger partial charge in [0.25, 0.3) is 0 Å². The molecule has 0 radical (unpaired) electrons. The van der Waals surface area contributed by atoms with Gasteiger partial charge in [-0.3, -0.25) is 0 Å². The molecule has 1 saturated carbocycles. The average Bonchev–Trinajstić information content (AvgIpc) is 2.84. The maximum Gasteiger partial charge on any atom is 0.390 e. The first kappa shape index (κ1) is 11.8. The second kappa shape index (κ2) is 5.56. The summed E-state index contributed by atoms with van der Waals surface area (Å²) >= 11 is 0. The van der Waals surface area contributed by atoms with Gasteiger partial charge in [0, 0.05) is 19.6 Å². The van der Waals surface area contributed by atoms with E-state index in [-0.39, 0.29) is 6.54 Å². The number of nitrogens with one attached hydrogen (secondary N) is 2. The fourth-order valence-electron chi connectivity index (χ4n) is 1.16. The van der Waals surface area contributed by atoms with E-state index in [1.165, 1.54) is 12.8 Å². The number of hydrogen-bond donors (Lipinski definition) is 2. The number of hydrogen-bond acceptors (Lipinski definition) is 2. The van der Waals surface area contributed by atoms with Gasteiger partial charge in [-0.15, -0.1) is 0 Å². The Morgan fingerprint density at radius 2 is 1.64 bits per heavy atom. The van der Waals surface area contributed by atoms with Crippen molar-refractivity contribution in [1.29, 1.82) is 0 Å². The van der Waals surface area contributed by atoms with Crippen molar-refractivity contribution in [3.8, 4) is 0 Å². The van der Waals surface area contributed by atoms with Crippen LogP contribution in [0.1, 0.15) is 19.3 Å². The van der Waals surface area contributed by atoms with Gasteiger partial charge in [-0.2, -0.15) is 13.2 Å². The van der Waals surface area contributed by atoms with Crippen molar-refractivity contribution >= 4 is 0 Å². The van der Waals surface area contributed by atoms with Crippen LogP contribution in [0, 0.1) is 5.92 Å². The van der Waals surface area contributed by atoms with Gasteiger partial charge in [-0.25, -0.2) is 0 Å². The summed E-state index contributed by atoms with van der Waals surface area (Å²) in [7, 11) is 0. The molecule has 0 heterocycles. The molecule has 0 aromatic carbocycles. The van der Waals surface area contributed by atoms with Gasteiger partial charge in [0.2, 0.25) is 0 Å². The monoisotopic (exact) mass is 210 g/mol. The Balaban J connectivity index is 1.75. The Hall–Kier alpha value is -0.290. The molecule has 1 fully saturated rings. The Labute approximate surface area is 82.2 Å². The quantitative estimate of drug-likeness (QED) is 0.623. The third-order valence-electron chi connectivity index (χ3n) is 2.19. The molecule has 5 heteroatoms. The molecule has 0 saturated heterocycles. The lowest BCUT2D eigenvalue weighted by Gasteiger charge is -2.08. The van der Waals surface area contributed by atoms with Crippen molar-refractivity contribution in [2.45, 2.75) is 25.4 Å². The predicted octanol–water partition coefficient (Wildman–Crippen LogP) is 1.53. The lowest BCUT2D eigenvalue weighted by atomic mass is 10.4. The molecular weight excluding hydrogens is 193 g/mol. The SMILES string of the molecule is FC(F)(F)CCNCCNCC1CC1. The third kappa shape index (κ3) is 7.15. The van der Waals surface area contributed by atoms with Crippen LogP contribution in [0.5, 0.6) is 0 Å². The van der Waals surface area contributed by atoms with Gasteiger partial charge >= 0.3 is 6.18 Å². The van der Waals surface area contributed by atoms with Crippen molar-refractivity contribution in [3.05, 3.63) is 0 Å². The van der Waals surface area contributed by atoms with Crippen molar-refractivity contribution in [1.82, 2.24) is 10.6 Å². The van der Waals surface area contributed by atoms with E-state index in [2.05, 4.69) is 10.6 Å². The van der Waals surface area contributed by atoms with Crippen molar-refractivity contribution in [3.63, 3.8) is 0 Å². The smallest absolute Gasteiger partial charge is 0.315 e. The van der Waals surface area contributed by atoms with Gasteiger partial charge in [0.15, 0.2) is 0 Å². The summed E-state index contributed by atoms with van der Waals surface area (Å²) in [4.78, 5) is 0. The van der Waals surface area contributed by atoms with E-state index < -0.39 is 12.6 Å². The van der Waals surface area contributed by atoms with E-state index in [4.69, 9.17) is 0 Å². The summed E-state index contributed by atoms with van der Waals surface area (Å²) in [6, 6.07) is 0. The normalized spacial score (nSPS) is 17.4. The van der Waals surface area contributed by atoms with E-state index in [0.29, 0.717) is 6.54 Å². The minimum atomic E-state index is -4.03. The Kier molecular flexibility index (Phi) is 4.68. The fourth-order valence-corrected chi connectivity index (χ4v) is 1.16. The zero-order valence-corrected chi connectivity index (χ0v) is 8.16. The molecule has 0 atom stereocenters. The molecular formula is C9H17F3N2. The van der Waals surface area contributed by atoms with Gasteiger partial charge in [-0.05, 0) is 25.3 Å². The molecule has 0 aromatic heterocycles. The largest absolute Gasteiger partial charge is 0.390 e. The Morgan fingerprint density at radius 1 is 1.00 bits per heavy atom. The van der Waals surface area contributed by atoms with E-state index >= 15 is 0 Å². The molecule has 0 amide bonds. The summed E-state index contributed by atoms with van der Waals surface area (Å²) in [5, 5.41) is 5.95. The summed E-state index contributed by atoms with van der Waals surface area (Å²) in [5.41, 5.74) is 0. The highest BCUT2D eigenvalue weighted by Crippen LogP contribution is 2.27. The van der Waals surface area contributed by atoms with Crippen LogP contribution in [0.25, 0.3) is 0 Å². The number of halogens is 3. The van der Waals surface area contributed by atoms with Gasteiger partial charge in [0.05, 0.1) is 6.42 Å². The highest BCUT2D eigenvalue weighted by molar-refractivity contribution is 4.75. The molecule has 84 valence electrons. The summed E-state index contributed by atoms with van der Waals surface area (Å²) in [6.45, 7) is 2.41. The number of alkyl halides is 3. The molecule has 0 aromatic rings. The zero-order valence-electron chi connectivity index (χ0n) is 8.16. The van der Waals surface area contributed by atoms with Gasteiger partial charge < -0.3 is 10.6 Å². The Morgan fingerprint density at radius 3 is 2.21 bits per heavy atom. The third-order valence-corrected chi connectivity index (χ3v) is 2.19. The van der Waals surface area contributed by atoms with Crippen molar-refractivity contribution in [2.24, 2.45) is 5.92 Å². The summed E-state index contributed by atoms with van der Waals surface area (Å²) < 4.78 is 35.1. The molecule has 0 unspecified atom stereocenters. The first-order chi connectivity index (χ1) is 6.58. The standard InChI is InChI=1S/C9H17F3N2/c10-9(11,12)3-4-13-5-6-14-7-8-1-2-8/h8,13-14H,1-7H2. The van der Waals surface area contributed by atoms with E-state index in [0.717, 1.165) is 19.0 Å². The zero-order chi connectivity index (χ0) is 10.4. The van der Waals surface area contributed by atoms with Crippen LogP contribution >= 0.6 is 0 Å². The van der Waals surface area contributed by atoms with Crippen LogP contribution in [0.3, 0.4) is 0 Å². The van der Waals surface area contributed by atoms with Crippen LogP contribution in [-0.2, 0) is 0 Å². The minimum Gasteiger partial charge on any atom is -0.315 e. The van der Waals surface area contributed by atoms with E-state index in [1.807, 2.05) is 0 Å². The highest BCUT2D eigenvalue weighted by atomic mass is 19.4. The molecule has 1 aliphatic carbocycles. The summed E-state index contributed by atoms with van der Waals surface area (Å²) in [5.74, 6) is 0.824. The maximum atomic E-state index is 11.7. The molecule has 14 heavy (non-hydrogen) atoms.